The first kappa shape index (κ1) is 20.4. The van der Waals surface area contributed by atoms with Crippen molar-refractivity contribution >= 4 is 41.7 Å². The lowest BCUT2D eigenvalue weighted by molar-refractivity contribution is 0.182. The molecule has 1 unspecified atom stereocenters. The van der Waals surface area contributed by atoms with Gasteiger partial charge < -0.3 is 4.90 Å². The molecule has 0 saturated carbocycles. The van der Waals surface area contributed by atoms with Crippen molar-refractivity contribution in [2.75, 3.05) is 19.6 Å². The van der Waals surface area contributed by atoms with Gasteiger partial charge in [0.2, 0.25) is 0 Å². The van der Waals surface area contributed by atoms with Gasteiger partial charge in [-0.25, -0.2) is 8.42 Å². The molecule has 3 nitrogen and oxygen atoms in total. The quantitative estimate of drug-likeness (QED) is 0.566. The maximum absolute atomic E-state index is 12.9. The van der Waals surface area contributed by atoms with Gasteiger partial charge >= 0.3 is 0 Å². The van der Waals surface area contributed by atoms with Gasteiger partial charge in [-0.15, -0.1) is 0 Å². The molecule has 1 fully saturated rings. The lowest BCUT2D eigenvalue weighted by atomic mass is 9.98. The zero-order valence-corrected chi connectivity index (χ0v) is 18.6. The minimum absolute atomic E-state index is 0.136. The summed E-state index contributed by atoms with van der Waals surface area (Å²) in [6.07, 6.45) is 3.44. The van der Waals surface area contributed by atoms with E-state index >= 15 is 0 Å². The highest BCUT2D eigenvalue weighted by molar-refractivity contribution is 9.13. The van der Waals surface area contributed by atoms with Crippen molar-refractivity contribution in [2.45, 2.75) is 50.2 Å². The van der Waals surface area contributed by atoms with Gasteiger partial charge in [-0.2, -0.15) is 0 Å². The van der Waals surface area contributed by atoms with Crippen LogP contribution in [-0.4, -0.2) is 38.2 Å². The number of hydrogen-bond acceptors (Lipinski definition) is 3. The number of nitrogens with zero attached hydrogens (tertiary/aromatic N) is 1. The molecular formula is C18H27Br2NO2S. The SMILES string of the molecule is CC1CCN(CC[C@@H](C)C(C)S(=O)(=O)c2ccc(Br)c(Br)c2)CC1. The molecule has 136 valence electrons. The molecule has 6 heteroatoms. The van der Waals surface area contributed by atoms with Crippen molar-refractivity contribution in [3.05, 3.63) is 27.1 Å². The molecule has 0 amide bonds. The van der Waals surface area contributed by atoms with Crippen molar-refractivity contribution in [1.82, 2.24) is 4.90 Å². The molecule has 0 aliphatic carbocycles. The highest BCUT2D eigenvalue weighted by Crippen LogP contribution is 2.30. The molecule has 1 aliphatic rings. The van der Waals surface area contributed by atoms with E-state index < -0.39 is 9.84 Å². The Morgan fingerprint density at radius 3 is 2.38 bits per heavy atom. The van der Waals surface area contributed by atoms with Crippen molar-refractivity contribution in [2.24, 2.45) is 11.8 Å². The van der Waals surface area contributed by atoms with Crippen molar-refractivity contribution in [1.29, 1.82) is 0 Å². The Kier molecular flexibility index (Phi) is 7.35. The zero-order valence-electron chi connectivity index (χ0n) is 14.6. The molecule has 0 spiro atoms. The fourth-order valence-electron chi connectivity index (χ4n) is 3.08. The molecule has 1 aliphatic heterocycles. The van der Waals surface area contributed by atoms with E-state index in [4.69, 9.17) is 0 Å². The second-order valence-corrected chi connectivity index (χ2v) is 11.1. The highest BCUT2D eigenvalue weighted by atomic mass is 79.9. The highest BCUT2D eigenvalue weighted by Gasteiger charge is 2.29. The first-order valence-electron chi connectivity index (χ1n) is 8.63. The van der Waals surface area contributed by atoms with Crippen LogP contribution >= 0.6 is 31.9 Å². The van der Waals surface area contributed by atoms with Crippen molar-refractivity contribution in [3.8, 4) is 0 Å². The molecule has 2 rings (SSSR count). The Hall–Kier alpha value is 0.0900. The molecule has 1 aromatic carbocycles. The number of rotatable bonds is 6. The average molecular weight is 481 g/mol. The van der Waals surface area contributed by atoms with Gasteiger partial charge in [-0.1, -0.05) is 13.8 Å². The zero-order chi connectivity index (χ0) is 17.9. The summed E-state index contributed by atoms with van der Waals surface area (Å²) in [4.78, 5) is 2.87. The van der Waals surface area contributed by atoms with Crippen LogP contribution in [0.5, 0.6) is 0 Å². The normalized spacial score (nSPS) is 20.0. The number of benzene rings is 1. The van der Waals surface area contributed by atoms with Crippen LogP contribution in [0.3, 0.4) is 0 Å². The summed E-state index contributed by atoms with van der Waals surface area (Å²) in [5, 5.41) is -0.380. The van der Waals surface area contributed by atoms with Crippen LogP contribution in [0, 0.1) is 11.8 Å². The third-order valence-corrected chi connectivity index (χ3v) is 9.52. The molecule has 1 aromatic rings. The molecule has 1 heterocycles. The molecule has 0 N–H and O–H groups in total. The van der Waals surface area contributed by atoms with E-state index in [0.29, 0.717) is 4.90 Å². The predicted octanol–water partition coefficient (Wildman–Crippen LogP) is 5.13. The van der Waals surface area contributed by atoms with E-state index in [1.54, 1.807) is 18.2 Å². The first-order chi connectivity index (χ1) is 11.2. The van der Waals surface area contributed by atoms with Gasteiger partial charge in [0.25, 0.3) is 0 Å². The van der Waals surface area contributed by atoms with Gasteiger partial charge in [-0.05, 0) is 108 Å². The van der Waals surface area contributed by atoms with E-state index in [1.165, 1.54) is 12.8 Å². The maximum Gasteiger partial charge on any atom is 0.181 e. The predicted molar refractivity (Wildman–Crippen MR) is 107 cm³/mol. The van der Waals surface area contributed by atoms with Crippen LogP contribution in [-0.2, 0) is 9.84 Å². The van der Waals surface area contributed by atoms with E-state index in [1.807, 2.05) is 6.92 Å². The van der Waals surface area contributed by atoms with Crippen LogP contribution < -0.4 is 0 Å². The van der Waals surface area contributed by atoms with Gasteiger partial charge in [0.05, 0.1) is 10.1 Å². The first-order valence-corrected chi connectivity index (χ1v) is 11.8. The van der Waals surface area contributed by atoms with Crippen LogP contribution in [0.25, 0.3) is 0 Å². The molecule has 2 atom stereocenters. The van der Waals surface area contributed by atoms with Gasteiger partial charge in [-0.3, -0.25) is 0 Å². The summed E-state index contributed by atoms with van der Waals surface area (Å²) in [7, 11) is -3.31. The summed E-state index contributed by atoms with van der Waals surface area (Å²) < 4.78 is 27.4. The van der Waals surface area contributed by atoms with Crippen LogP contribution in [0.2, 0.25) is 0 Å². The lowest BCUT2D eigenvalue weighted by Gasteiger charge is -2.31. The fraction of sp³-hybridized carbons (Fsp3) is 0.667. The van der Waals surface area contributed by atoms with Crippen LogP contribution in [0.4, 0.5) is 0 Å². The van der Waals surface area contributed by atoms with Crippen molar-refractivity contribution in [3.63, 3.8) is 0 Å². The van der Waals surface area contributed by atoms with E-state index in [0.717, 1.165) is 40.9 Å². The van der Waals surface area contributed by atoms with Crippen LogP contribution in [0.15, 0.2) is 32.0 Å². The lowest BCUT2D eigenvalue weighted by Crippen LogP contribution is -2.35. The molecule has 0 aromatic heterocycles. The summed E-state index contributed by atoms with van der Waals surface area (Å²) >= 11 is 6.78. The Bertz CT molecular complexity index is 655. The summed E-state index contributed by atoms with van der Waals surface area (Å²) in [6.45, 7) is 9.50. The Morgan fingerprint density at radius 2 is 1.79 bits per heavy atom. The minimum Gasteiger partial charge on any atom is -0.303 e. The van der Waals surface area contributed by atoms with E-state index in [9.17, 15) is 8.42 Å². The van der Waals surface area contributed by atoms with Crippen LogP contribution in [0.1, 0.15) is 40.0 Å². The second kappa shape index (κ2) is 8.65. The van der Waals surface area contributed by atoms with E-state index in [-0.39, 0.29) is 11.2 Å². The van der Waals surface area contributed by atoms with E-state index in [2.05, 4.69) is 50.6 Å². The number of sulfone groups is 1. The summed E-state index contributed by atoms with van der Waals surface area (Å²) in [5.74, 6) is 0.964. The van der Waals surface area contributed by atoms with Crippen molar-refractivity contribution < 1.29 is 8.42 Å². The Morgan fingerprint density at radius 1 is 1.17 bits per heavy atom. The topological polar surface area (TPSA) is 37.4 Å². The second-order valence-electron chi connectivity index (χ2n) is 7.12. The standard InChI is InChI=1S/C18H27Br2NO2S/c1-13-6-9-21(10-7-13)11-8-14(2)15(3)24(22,23)16-4-5-17(19)18(20)12-16/h4-5,12-15H,6-11H2,1-3H3/t14-,15?/m1/s1. The summed E-state index contributed by atoms with van der Waals surface area (Å²) in [5.41, 5.74) is 0. The number of hydrogen-bond donors (Lipinski definition) is 0. The average Bonchev–Trinajstić information content (AvgIpc) is 2.55. The fourth-order valence-corrected chi connectivity index (χ4v) is 5.57. The third kappa shape index (κ3) is 5.05. The molecular weight excluding hydrogens is 454 g/mol. The Balaban J connectivity index is 1.98. The smallest absolute Gasteiger partial charge is 0.181 e. The molecule has 0 bridgehead atoms. The molecule has 24 heavy (non-hydrogen) atoms. The van der Waals surface area contributed by atoms with Gasteiger partial charge in [0, 0.05) is 8.95 Å². The molecule has 1 saturated heterocycles. The number of piperidine rings is 1. The largest absolute Gasteiger partial charge is 0.303 e. The Labute approximate surface area is 163 Å². The monoisotopic (exact) mass is 479 g/mol. The number of likely N-dealkylation sites (tertiary alicyclic amines) is 1. The van der Waals surface area contributed by atoms with Gasteiger partial charge in [0.15, 0.2) is 9.84 Å². The summed E-state index contributed by atoms with van der Waals surface area (Å²) in [6, 6.07) is 5.15. The number of halogens is 2. The third-order valence-electron chi connectivity index (χ3n) is 5.29. The maximum atomic E-state index is 12.9. The molecule has 0 radical (unpaired) electrons. The van der Waals surface area contributed by atoms with Gasteiger partial charge in [0.1, 0.15) is 0 Å². The minimum atomic E-state index is -3.31.